The summed E-state index contributed by atoms with van der Waals surface area (Å²) in [5.74, 6) is 0.676. The van der Waals surface area contributed by atoms with Gasteiger partial charge in [0, 0.05) is 11.9 Å². The summed E-state index contributed by atoms with van der Waals surface area (Å²) in [6.45, 7) is 2.40. The molecule has 0 amide bonds. The Morgan fingerprint density at radius 3 is 2.48 bits per heavy atom. The normalized spacial score (nSPS) is 11.2. The van der Waals surface area contributed by atoms with Crippen LogP contribution in [-0.4, -0.2) is 11.6 Å². The first kappa shape index (κ1) is 15.0. The van der Waals surface area contributed by atoms with E-state index in [0.717, 1.165) is 6.07 Å². The lowest BCUT2D eigenvalue weighted by Gasteiger charge is -2.12. The van der Waals surface area contributed by atoms with Gasteiger partial charge in [-0.05, 0) is 37.3 Å². The maximum absolute atomic E-state index is 12.7. The average Bonchev–Trinajstić information content (AvgIpc) is 2.42. The van der Waals surface area contributed by atoms with Crippen molar-refractivity contribution in [2.24, 2.45) is 0 Å². The van der Waals surface area contributed by atoms with Gasteiger partial charge in [-0.1, -0.05) is 0 Å². The van der Waals surface area contributed by atoms with Crippen LogP contribution in [0.1, 0.15) is 12.5 Å². The fraction of sp³-hybridized carbons (Fsp3) is 0.214. The number of nitrogens with zero attached hydrogens (tertiary/aromatic N) is 1. The number of benzene rings is 1. The highest BCUT2D eigenvalue weighted by molar-refractivity contribution is 5.70. The summed E-state index contributed by atoms with van der Waals surface area (Å²) >= 11 is 0. The van der Waals surface area contributed by atoms with E-state index in [4.69, 9.17) is 10.5 Å². The second kappa shape index (κ2) is 5.90. The number of ether oxygens (including phenoxy) is 1. The van der Waals surface area contributed by atoms with Gasteiger partial charge in [-0.2, -0.15) is 13.2 Å². The van der Waals surface area contributed by atoms with E-state index < -0.39 is 11.7 Å². The summed E-state index contributed by atoms with van der Waals surface area (Å²) in [5, 5.41) is 2.81. The van der Waals surface area contributed by atoms with Crippen molar-refractivity contribution in [1.82, 2.24) is 4.98 Å². The number of nitrogens with two attached hydrogens (primary N) is 1. The molecule has 0 saturated carbocycles. The van der Waals surface area contributed by atoms with Crippen LogP contribution in [0.25, 0.3) is 0 Å². The molecule has 0 aliphatic carbocycles. The van der Waals surface area contributed by atoms with E-state index in [2.05, 4.69) is 10.3 Å². The number of halogens is 3. The van der Waals surface area contributed by atoms with Crippen LogP contribution >= 0.6 is 0 Å². The largest absolute Gasteiger partial charge is 0.494 e. The van der Waals surface area contributed by atoms with Gasteiger partial charge in [-0.25, -0.2) is 4.98 Å². The molecule has 1 heterocycles. The smallest absolute Gasteiger partial charge is 0.417 e. The van der Waals surface area contributed by atoms with Gasteiger partial charge in [0.05, 0.1) is 17.9 Å². The van der Waals surface area contributed by atoms with Crippen LogP contribution in [0.5, 0.6) is 5.75 Å². The van der Waals surface area contributed by atoms with E-state index in [9.17, 15) is 13.2 Å². The summed E-state index contributed by atoms with van der Waals surface area (Å²) in [5.41, 5.74) is 5.43. The topological polar surface area (TPSA) is 60.2 Å². The van der Waals surface area contributed by atoms with Gasteiger partial charge in [-0.15, -0.1) is 0 Å². The van der Waals surface area contributed by atoms with E-state index in [1.165, 1.54) is 0 Å². The molecule has 7 heteroatoms. The molecule has 0 saturated heterocycles. The van der Waals surface area contributed by atoms with Crippen LogP contribution in [0.3, 0.4) is 0 Å². The van der Waals surface area contributed by atoms with Crippen LogP contribution in [0.4, 0.5) is 30.4 Å². The van der Waals surface area contributed by atoms with E-state index in [1.807, 2.05) is 6.92 Å². The number of anilines is 3. The van der Waals surface area contributed by atoms with Crippen LogP contribution < -0.4 is 15.8 Å². The number of hydrogen-bond donors (Lipinski definition) is 2. The minimum atomic E-state index is -4.46. The highest BCUT2D eigenvalue weighted by Crippen LogP contribution is 2.33. The average molecular weight is 297 g/mol. The summed E-state index contributed by atoms with van der Waals surface area (Å²) < 4.78 is 43.2. The SMILES string of the molecule is CCOc1ccc(Nc2cc(C(F)(F)F)cnc2N)cc1. The minimum Gasteiger partial charge on any atom is -0.494 e. The van der Waals surface area contributed by atoms with Gasteiger partial charge < -0.3 is 15.8 Å². The van der Waals surface area contributed by atoms with Crippen molar-refractivity contribution in [1.29, 1.82) is 0 Å². The van der Waals surface area contributed by atoms with Crippen LogP contribution in [0.2, 0.25) is 0 Å². The Morgan fingerprint density at radius 2 is 1.90 bits per heavy atom. The monoisotopic (exact) mass is 297 g/mol. The van der Waals surface area contributed by atoms with Gasteiger partial charge in [0.1, 0.15) is 11.6 Å². The standard InChI is InChI=1S/C14H14F3N3O/c1-2-21-11-5-3-10(4-6-11)20-12-7-9(14(15,16)17)8-19-13(12)18/h3-8,20H,2H2,1H3,(H2,18,19). The van der Waals surface area contributed by atoms with Gasteiger partial charge >= 0.3 is 6.18 Å². The number of hydrogen-bond acceptors (Lipinski definition) is 4. The molecule has 0 atom stereocenters. The summed E-state index contributed by atoms with van der Waals surface area (Å²) in [4.78, 5) is 3.56. The van der Waals surface area contributed by atoms with Gasteiger partial charge in [0.25, 0.3) is 0 Å². The number of aromatic nitrogens is 1. The van der Waals surface area contributed by atoms with Crippen molar-refractivity contribution >= 4 is 17.2 Å². The fourth-order valence-electron chi connectivity index (χ4n) is 1.69. The van der Waals surface area contributed by atoms with Crippen molar-refractivity contribution in [3.63, 3.8) is 0 Å². The Labute approximate surface area is 119 Å². The molecule has 1 aromatic carbocycles. The van der Waals surface area contributed by atoms with Crippen molar-refractivity contribution in [3.8, 4) is 5.75 Å². The molecule has 0 fully saturated rings. The summed E-state index contributed by atoms with van der Waals surface area (Å²) in [6, 6.07) is 7.72. The van der Waals surface area contributed by atoms with E-state index in [-0.39, 0.29) is 11.5 Å². The first-order chi connectivity index (χ1) is 9.90. The third-order valence-electron chi connectivity index (χ3n) is 2.69. The number of pyridine rings is 1. The van der Waals surface area contributed by atoms with Gasteiger partial charge in [-0.3, -0.25) is 0 Å². The fourth-order valence-corrected chi connectivity index (χ4v) is 1.69. The molecule has 0 spiro atoms. The Balaban J connectivity index is 2.22. The van der Waals surface area contributed by atoms with Crippen LogP contribution in [-0.2, 0) is 6.18 Å². The van der Waals surface area contributed by atoms with Gasteiger partial charge in [0.15, 0.2) is 0 Å². The summed E-state index contributed by atoms with van der Waals surface area (Å²) in [7, 11) is 0. The second-order valence-electron chi connectivity index (χ2n) is 4.24. The molecule has 0 radical (unpaired) electrons. The predicted octanol–water partition coefficient (Wildman–Crippen LogP) is 3.82. The highest BCUT2D eigenvalue weighted by atomic mass is 19.4. The molecule has 0 bridgehead atoms. The molecule has 4 nitrogen and oxygen atoms in total. The lowest BCUT2D eigenvalue weighted by molar-refractivity contribution is -0.137. The Morgan fingerprint density at radius 1 is 1.24 bits per heavy atom. The zero-order valence-corrected chi connectivity index (χ0v) is 11.2. The third-order valence-corrected chi connectivity index (χ3v) is 2.69. The quantitative estimate of drug-likeness (QED) is 0.900. The second-order valence-corrected chi connectivity index (χ2v) is 4.24. The van der Waals surface area contributed by atoms with E-state index in [0.29, 0.717) is 24.2 Å². The minimum absolute atomic E-state index is 0.00288. The number of nitrogen functional groups attached to an aromatic ring is 1. The molecule has 0 aliphatic heterocycles. The van der Waals surface area contributed by atoms with Crippen molar-refractivity contribution in [2.45, 2.75) is 13.1 Å². The lowest BCUT2D eigenvalue weighted by atomic mass is 10.2. The molecule has 0 unspecified atom stereocenters. The van der Waals surface area contributed by atoms with Crippen LogP contribution in [0.15, 0.2) is 36.5 Å². The number of nitrogens with one attached hydrogen (secondary N) is 1. The number of rotatable bonds is 4. The van der Waals surface area contributed by atoms with Crippen molar-refractivity contribution < 1.29 is 17.9 Å². The molecule has 112 valence electrons. The Hall–Kier alpha value is -2.44. The predicted molar refractivity (Wildman–Crippen MR) is 74.5 cm³/mol. The zero-order valence-electron chi connectivity index (χ0n) is 11.2. The Kier molecular flexibility index (Phi) is 4.21. The molecule has 21 heavy (non-hydrogen) atoms. The van der Waals surface area contributed by atoms with Crippen LogP contribution in [0, 0.1) is 0 Å². The highest BCUT2D eigenvalue weighted by Gasteiger charge is 2.31. The molecular weight excluding hydrogens is 283 g/mol. The first-order valence-electron chi connectivity index (χ1n) is 6.22. The maximum Gasteiger partial charge on any atom is 0.417 e. The molecule has 2 aromatic rings. The van der Waals surface area contributed by atoms with Crippen molar-refractivity contribution in [2.75, 3.05) is 17.7 Å². The lowest BCUT2D eigenvalue weighted by Crippen LogP contribution is -2.08. The molecular formula is C14H14F3N3O. The molecule has 3 N–H and O–H groups in total. The van der Waals surface area contributed by atoms with Gasteiger partial charge in [0.2, 0.25) is 0 Å². The molecule has 2 rings (SSSR count). The third kappa shape index (κ3) is 3.77. The molecule has 0 aliphatic rings. The first-order valence-corrected chi connectivity index (χ1v) is 6.22. The van der Waals surface area contributed by atoms with E-state index >= 15 is 0 Å². The Bertz CT molecular complexity index is 612. The zero-order chi connectivity index (χ0) is 15.5. The van der Waals surface area contributed by atoms with E-state index in [1.54, 1.807) is 24.3 Å². The number of alkyl halides is 3. The maximum atomic E-state index is 12.7. The summed E-state index contributed by atoms with van der Waals surface area (Å²) in [6.07, 6.45) is -3.76. The molecule has 1 aromatic heterocycles. The van der Waals surface area contributed by atoms with Crippen molar-refractivity contribution in [3.05, 3.63) is 42.1 Å².